The predicted molar refractivity (Wildman–Crippen MR) is 35.9 cm³/mol. The zero-order valence-corrected chi connectivity index (χ0v) is 6.20. The molecular weight excluding hydrogens is 151 g/mol. The van der Waals surface area contributed by atoms with Gasteiger partial charge in [-0.2, -0.15) is 9.36 Å². The van der Waals surface area contributed by atoms with E-state index in [0.717, 1.165) is 9.36 Å². The molecule has 0 aliphatic carbocycles. The lowest BCUT2D eigenvalue weighted by Gasteiger charge is -1.91. The molecule has 1 heterocycles. The second kappa shape index (κ2) is 3.27. The van der Waals surface area contributed by atoms with E-state index in [0.29, 0.717) is 13.0 Å². The van der Waals surface area contributed by atoms with Crippen molar-refractivity contribution >= 4 is 0 Å². The number of hydrogen-bond acceptors (Lipinski definition) is 3. The van der Waals surface area contributed by atoms with Gasteiger partial charge >= 0.3 is 5.69 Å². The topological polar surface area (TPSA) is 52.7 Å². The molecule has 0 aromatic carbocycles. The largest absolute Gasteiger partial charge is 0.363 e. The van der Waals surface area contributed by atoms with Crippen LogP contribution in [0.25, 0.3) is 0 Å². The standard InChI is InChI=1S/C5H9FN4O/c1-9-5(11)10(8-7-9)4-2-3-6/h2-4H2,1H3. The fourth-order valence-corrected chi connectivity index (χ4v) is 0.702. The van der Waals surface area contributed by atoms with Crippen molar-refractivity contribution in [3.63, 3.8) is 0 Å². The quantitative estimate of drug-likeness (QED) is 0.589. The molecule has 5 nitrogen and oxygen atoms in total. The molecule has 6 heteroatoms. The Morgan fingerprint density at radius 2 is 2.27 bits per heavy atom. The summed E-state index contributed by atoms with van der Waals surface area (Å²) in [5.41, 5.74) is -0.307. The van der Waals surface area contributed by atoms with Crippen LogP contribution >= 0.6 is 0 Å². The van der Waals surface area contributed by atoms with Gasteiger partial charge in [0.05, 0.1) is 13.2 Å². The molecule has 11 heavy (non-hydrogen) atoms. The molecule has 0 saturated carbocycles. The SMILES string of the molecule is Cn1nnn(CCCF)c1=O. The van der Waals surface area contributed by atoms with Crippen LogP contribution in [0.2, 0.25) is 0 Å². The molecule has 0 amide bonds. The summed E-state index contributed by atoms with van der Waals surface area (Å²) in [5.74, 6) is 0. The van der Waals surface area contributed by atoms with Crippen LogP contribution in [-0.4, -0.2) is 26.5 Å². The van der Waals surface area contributed by atoms with E-state index in [1.165, 1.54) is 7.05 Å². The lowest BCUT2D eigenvalue weighted by atomic mass is 10.5. The minimum Gasteiger partial charge on any atom is -0.251 e. The molecule has 0 aliphatic heterocycles. The van der Waals surface area contributed by atoms with Gasteiger partial charge in [0.15, 0.2) is 0 Å². The summed E-state index contributed by atoms with van der Waals surface area (Å²) in [5, 5.41) is 6.97. The Balaban J connectivity index is 2.71. The first-order chi connectivity index (χ1) is 5.25. The number of halogens is 1. The van der Waals surface area contributed by atoms with E-state index < -0.39 is 6.67 Å². The summed E-state index contributed by atoms with van der Waals surface area (Å²) in [4.78, 5) is 11.0. The average Bonchev–Trinajstić information content (AvgIpc) is 2.31. The first kappa shape index (κ1) is 7.90. The Kier molecular flexibility index (Phi) is 2.35. The molecule has 0 fully saturated rings. The third-order valence-corrected chi connectivity index (χ3v) is 1.28. The Labute approximate surface area is 62.4 Å². The van der Waals surface area contributed by atoms with Gasteiger partial charge in [0.2, 0.25) is 0 Å². The highest BCUT2D eigenvalue weighted by atomic mass is 19.1. The molecular formula is C5H9FN4O. The summed E-state index contributed by atoms with van der Waals surface area (Å²) >= 11 is 0. The van der Waals surface area contributed by atoms with Gasteiger partial charge in [-0.05, 0) is 16.8 Å². The zero-order valence-electron chi connectivity index (χ0n) is 6.20. The molecule has 0 unspecified atom stereocenters. The van der Waals surface area contributed by atoms with E-state index >= 15 is 0 Å². The van der Waals surface area contributed by atoms with Crippen LogP contribution in [-0.2, 0) is 13.6 Å². The van der Waals surface area contributed by atoms with Crippen LogP contribution in [0, 0.1) is 0 Å². The maximum Gasteiger partial charge on any atom is 0.363 e. The molecule has 62 valence electrons. The van der Waals surface area contributed by atoms with Gasteiger partial charge in [0, 0.05) is 7.05 Å². The zero-order chi connectivity index (χ0) is 8.27. The number of rotatable bonds is 3. The van der Waals surface area contributed by atoms with Crippen molar-refractivity contribution in [1.29, 1.82) is 0 Å². The Hall–Kier alpha value is -1.20. The fraction of sp³-hybridized carbons (Fsp3) is 0.800. The first-order valence-corrected chi connectivity index (χ1v) is 3.28. The van der Waals surface area contributed by atoms with E-state index in [1.807, 2.05) is 0 Å². The van der Waals surface area contributed by atoms with Crippen molar-refractivity contribution in [1.82, 2.24) is 19.8 Å². The van der Waals surface area contributed by atoms with E-state index in [1.54, 1.807) is 0 Å². The highest BCUT2D eigenvalue weighted by Crippen LogP contribution is 1.82. The number of tetrazole rings is 1. The van der Waals surface area contributed by atoms with Crippen molar-refractivity contribution in [2.75, 3.05) is 6.67 Å². The summed E-state index contributed by atoms with van der Waals surface area (Å²) in [6.45, 7) is -0.147. The maximum atomic E-state index is 11.6. The van der Waals surface area contributed by atoms with Gasteiger partial charge < -0.3 is 0 Å². The number of aromatic nitrogens is 4. The Bertz CT molecular complexity index is 278. The monoisotopic (exact) mass is 160 g/mol. The van der Waals surface area contributed by atoms with E-state index in [-0.39, 0.29) is 5.69 Å². The highest BCUT2D eigenvalue weighted by molar-refractivity contribution is 4.54. The Morgan fingerprint density at radius 1 is 1.55 bits per heavy atom. The molecule has 1 aromatic heterocycles. The van der Waals surface area contributed by atoms with Crippen molar-refractivity contribution in [2.45, 2.75) is 13.0 Å². The number of hydrogen-bond donors (Lipinski definition) is 0. The summed E-state index contributed by atoms with van der Waals surface area (Å²) < 4.78 is 13.9. The molecule has 0 N–H and O–H groups in total. The number of aryl methyl sites for hydroxylation is 2. The molecule has 1 aromatic rings. The third-order valence-electron chi connectivity index (χ3n) is 1.28. The molecule has 0 radical (unpaired) electrons. The van der Waals surface area contributed by atoms with Crippen LogP contribution in [0.3, 0.4) is 0 Å². The normalized spacial score (nSPS) is 10.4. The third kappa shape index (κ3) is 1.63. The average molecular weight is 160 g/mol. The van der Waals surface area contributed by atoms with Crippen molar-refractivity contribution in [3.8, 4) is 0 Å². The molecule has 0 aliphatic rings. The second-order valence-corrected chi connectivity index (χ2v) is 2.15. The lowest BCUT2D eigenvalue weighted by molar-refractivity contribution is 0.427. The minimum atomic E-state index is -0.441. The van der Waals surface area contributed by atoms with Gasteiger partial charge in [0.1, 0.15) is 0 Å². The molecule has 0 bridgehead atoms. The van der Waals surface area contributed by atoms with Gasteiger partial charge in [-0.3, -0.25) is 4.39 Å². The summed E-state index contributed by atoms with van der Waals surface area (Å²) in [7, 11) is 1.50. The summed E-state index contributed by atoms with van der Waals surface area (Å²) in [6.07, 6.45) is 0.304. The van der Waals surface area contributed by atoms with Crippen LogP contribution in [0.4, 0.5) is 4.39 Å². The van der Waals surface area contributed by atoms with Gasteiger partial charge in [-0.15, -0.1) is 0 Å². The number of alkyl halides is 1. The van der Waals surface area contributed by atoms with Gasteiger partial charge in [-0.25, -0.2) is 4.79 Å². The minimum absolute atomic E-state index is 0.295. The molecule has 0 spiro atoms. The second-order valence-electron chi connectivity index (χ2n) is 2.15. The predicted octanol–water partition coefficient (Wildman–Crippen LogP) is -0.664. The van der Waals surface area contributed by atoms with E-state index in [2.05, 4.69) is 10.4 Å². The maximum absolute atomic E-state index is 11.6. The highest BCUT2D eigenvalue weighted by Gasteiger charge is 2.00. The lowest BCUT2D eigenvalue weighted by Crippen LogP contribution is -2.23. The van der Waals surface area contributed by atoms with Crippen molar-refractivity contribution < 1.29 is 4.39 Å². The van der Waals surface area contributed by atoms with E-state index in [4.69, 9.17) is 0 Å². The van der Waals surface area contributed by atoms with Crippen molar-refractivity contribution in [2.24, 2.45) is 7.05 Å². The Morgan fingerprint density at radius 3 is 2.73 bits per heavy atom. The fourth-order valence-electron chi connectivity index (χ4n) is 0.702. The van der Waals surface area contributed by atoms with Crippen molar-refractivity contribution in [3.05, 3.63) is 10.5 Å². The first-order valence-electron chi connectivity index (χ1n) is 3.28. The van der Waals surface area contributed by atoms with Gasteiger partial charge in [-0.1, -0.05) is 0 Å². The summed E-state index contributed by atoms with van der Waals surface area (Å²) in [6, 6.07) is 0. The van der Waals surface area contributed by atoms with Crippen LogP contribution in [0.15, 0.2) is 4.79 Å². The van der Waals surface area contributed by atoms with Gasteiger partial charge in [0.25, 0.3) is 0 Å². The van der Waals surface area contributed by atoms with Crippen LogP contribution in [0.1, 0.15) is 6.42 Å². The van der Waals surface area contributed by atoms with E-state index in [9.17, 15) is 9.18 Å². The number of nitrogens with zero attached hydrogens (tertiary/aromatic N) is 4. The van der Waals surface area contributed by atoms with Crippen LogP contribution < -0.4 is 5.69 Å². The van der Waals surface area contributed by atoms with Crippen LogP contribution in [0.5, 0.6) is 0 Å². The molecule has 0 atom stereocenters. The smallest absolute Gasteiger partial charge is 0.251 e. The molecule has 1 rings (SSSR count). The molecule has 0 saturated heterocycles.